The number of benzene rings is 1. The van der Waals surface area contributed by atoms with Gasteiger partial charge in [0.2, 0.25) is 0 Å². The van der Waals surface area contributed by atoms with Crippen molar-refractivity contribution in [2.45, 2.75) is 64.3 Å². The highest BCUT2D eigenvalue weighted by Crippen LogP contribution is 2.28. The second-order valence-electron chi connectivity index (χ2n) is 8.42. The van der Waals surface area contributed by atoms with Crippen molar-refractivity contribution in [2.24, 2.45) is 5.92 Å². The van der Waals surface area contributed by atoms with Crippen molar-refractivity contribution in [1.29, 1.82) is 0 Å². The van der Waals surface area contributed by atoms with Crippen LogP contribution in [0.4, 0.5) is 8.78 Å². The second kappa shape index (κ2) is 10.3. The Morgan fingerprint density at radius 2 is 1.96 bits per heavy atom. The number of nitrogens with zero attached hydrogens (tertiary/aromatic N) is 1. The van der Waals surface area contributed by atoms with Gasteiger partial charge in [-0.3, -0.25) is 0 Å². The summed E-state index contributed by atoms with van der Waals surface area (Å²) in [5.41, 5.74) is 1.51. The first-order valence-corrected chi connectivity index (χ1v) is 10.7. The molecule has 0 spiro atoms. The number of hydrogen-bond donors (Lipinski definition) is 1. The monoisotopic (exact) mass is 376 g/mol. The number of likely N-dealkylation sites (tertiary alicyclic amines) is 1. The Labute approximate surface area is 163 Å². The molecule has 1 N–H and O–H groups in total. The van der Waals surface area contributed by atoms with E-state index >= 15 is 0 Å². The zero-order valence-corrected chi connectivity index (χ0v) is 16.7. The largest absolute Gasteiger partial charge is 0.313 e. The zero-order valence-electron chi connectivity index (χ0n) is 16.7. The Morgan fingerprint density at radius 1 is 1.15 bits per heavy atom. The lowest BCUT2D eigenvalue weighted by atomic mass is 9.89. The summed E-state index contributed by atoms with van der Waals surface area (Å²) in [5.74, 6) is -0.114. The van der Waals surface area contributed by atoms with E-state index < -0.39 is 11.6 Å². The van der Waals surface area contributed by atoms with Crippen LogP contribution in [0.15, 0.2) is 23.8 Å². The van der Waals surface area contributed by atoms with Crippen molar-refractivity contribution >= 4 is 6.08 Å². The molecule has 1 aromatic rings. The molecule has 1 aromatic carbocycles. The highest BCUT2D eigenvalue weighted by molar-refractivity contribution is 5.53. The van der Waals surface area contributed by atoms with Crippen LogP contribution in [0.1, 0.15) is 63.9 Å². The maximum atomic E-state index is 13.7. The van der Waals surface area contributed by atoms with E-state index in [2.05, 4.69) is 10.2 Å². The van der Waals surface area contributed by atoms with Gasteiger partial charge in [-0.25, -0.2) is 8.78 Å². The summed E-state index contributed by atoms with van der Waals surface area (Å²) in [7, 11) is 0. The third kappa shape index (κ3) is 6.39. The van der Waals surface area contributed by atoms with Crippen LogP contribution in [-0.4, -0.2) is 37.1 Å². The summed E-state index contributed by atoms with van der Waals surface area (Å²) in [5, 5.41) is 3.50. The fraction of sp³-hybridized carbons (Fsp3) is 0.652. The summed E-state index contributed by atoms with van der Waals surface area (Å²) < 4.78 is 26.7. The van der Waals surface area contributed by atoms with Crippen molar-refractivity contribution < 1.29 is 8.78 Å². The summed E-state index contributed by atoms with van der Waals surface area (Å²) in [6, 6.07) is 4.46. The van der Waals surface area contributed by atoms with Crippen LogP contribution in [0, 0.1) is 17.6 Å². The molecule has 1 saturated heterocycles. The van der Waals surface area contributed by atoms with Crippen LogP contribution in [-0.2, 0) is 0 Å². The molecular formula is C23H34F2N2. The molecule has 1 heterocycles. The average Bonchev–Trinajstić information content (AvgIpc) is 3.09. The molecule has 2 aliphatic rings. The van der Waals surface area contributed by atoms with Gasteiger partial charge in [-0.1, -0.05) is 30.9 Å². The van der Waals surface area contributed by atoms with Gasteiger partial charge in [-0.15, -0.1) is 0 Å². The molecule has 150 valence electrons. The fourth-order valence-electron chi connectivity index (χ4n) is 4.65. The van der Waals surface area contributed by atoms with Gasteiger partial charge in [-0.2, -0.15) is 0 Å². The lowest BCUT2D eigenvalue weighted by Gasteiger charge is -2.31. The Balaban J connectivity index is 1.39. The minimum atomic E-state index is -0.533. The first kappa shape index (κ1) is 20.5. The van der Waals surface area contributed by atoms with Gasteiger partial charge >= 0.3 is 0 Å². The third-order valence-electron chi connectivity index (χ3n) is 6.14. The van der Waals surface area contributed by atoms with Crippen molar-refractivity contribution in [2.75, 3.05) is 26.2 Å². The number of hydrogen-bond acceptors (Lipinski definition) is 2. The Morgan fingerprint density at radius 3 is 2.74 bits per heavy atom. The molecular weight excluding hydrogens is 342 g/mol. The number of nitrogens with one attached hydrogen (secondary N) is 1. The standard InChI is InChI=1S/C23H34F2N2/c1-18(14-20-9-10-21(24)15-23(20)25)16-26-12-11-22-8-5-13-27(22)17-19-6-3-2-4-7-19/h9-10,14-15,19,22,26H,2-8,11-13,16-17H2,1H3. The first-order valence-electron chi connectivity index (χ1n) is 10.7. The van der Waals surface area contributed by atoms with Crippen molar-refractivity contribution in [1.82, 2.24) is 10.2 Å². The molecule has 2 nitrogen and oxygen atoms in total. The van der Waals surface area contributed by atoms with Gasteiger partial charge < -0.3 is 10.2 Å². The van der Waals surface area contributed by atoms with E-state index in [9.17, 15) is 8.78 Å². The normalized spacial score (nSPS) is 22.5. The summed E-state index contributed by atoms with van der Waals surface area (Å²) in [6.45, 7) is 6.28. The molecule has 1 unspecified atom stereocenters. The Bertz CT molecular complexity index is 623. The molecule has 2 fully saturated rings. The van der Waals surface area contributed by atoms with E-state index in [1.165, 1.54) is 76.6 Å². The Hall–Kier alpha value is -1.26. The van der Waals surface area contributed by atoms with Gasteiger partial charge in [-0.05, 0) is 70.2 Å². The third-order valence-corrected chi connectivity index (χ3v) is 6.14. The molecule has 1 saturated carbocycles. The molecule has 0 bridgehead atoms. The van der Waals surface area contributed by atoms with Crippen LogP contribution >= 0.6 is 0 Å². The number of rotatable bonds is 8. The van der Waals surface area contributed by atoms with Gasteiger partial charge in [0.15, 0.2) is 0 Å². The molecule has 27 heavy (non-hydrogen) atoms. The molecule has 4 heteroatoms. The van der Waals surface area contributed by atoms with Gasteiger partial charge in [0.1, 0.15) is 11.6 Å². The van der Waals surface area contributed by atoms with Crippen LogP contribution in [0.25, 0.3) is 6.08 Å². The summed E-state index contributed by atoms with van der Waals surface area (Å²) in [4.78, 5) is 2.73. The Kier molecular flexibility index (Phi) is 7.83. The summed E-state index contributed by atoms with van der Waals surface area (Å²) in [6.07, 6.45) is 12.8. The van der Waals surface area contributed by atoms with Crippen LogP contribution in [0.5, 0.6) is 0 Å². The topological polar surface area (TPSA) is 15.3 Å². The van der Waals surface area contributed by atoms with Crippen LogP contribution < -0.4 is 5.32 Å². The average molecular weight is 377 g/mol. The summed E-state index contributed by atoms with van der Waals surface area (Å²) >= 11 is 0. The predicted molar refractivity (Wildman–Crippen MR) is 109 cm³/mol. The predicted octanol–water partition coefficient (Wildman–Crippen LogP) is 5.39. The van der Waals surface area contributed by atoms with Crippen molar-refractivity contribution in [3.63, 3.8) is 0 Å². The van der Waals surface area contributed by atoms with Gasteiger partial charge in [0, 0.05) is 30.8 Å². The fourth-order valence-corrected chi connectivity index (χ4v) is 4.65. The van der Waals surface area contributed by atoms with Crippen molar-refractivity contribution in [3.05, 3.63) is 41.0 Å². The second-order valence-corrected chi connectivity index (χ2v) is 8.42. The maximum Gasteiger partial charge on any atom is 0.133 e. The highest BCUT2D eigenvalue weighted by Gasteiger charge is 2.26. The van der Waals surface area contributed by atoms with Crippen LogP contribution in [0.2, 0.25) is 0 Å². The zero-order chi connectivity index (χ0) is 19.1. The highest BCUT2D eigenvalue weighted by atomic mass is 19.1. The van der Waals surface area contributed by atoms with E-state index in [4.69, 9.17) is 0 Å². The maximum absolute atomic E-state index is 13.7. The van der Waals surface area contributed by atoms with E-state index in [-0.39, 0.29) is 0 Å². The van der Waals surface area contributed by atoms with E-state index in [1.54, 1.807) is 6.08 Å². The van der Waals surface area contributed by atoms with E-state index in [1.807, 2.05) is 6.92 Å². The molecule has 1 aliphatic heterocycles. The van der Waals surface area contributed by atoms with Crippen molar-refractivity contribution in [3.8, 4) is 0 Å². The smallest absolute Gasteiger partial charge is 0.133 e. The SMILES string of the molecule is CC(=Cc1ccc(F)cc1F)CNCCC1CCCN1CC1CCCCC1. The molecule has 1 atom stereocenters. The quantitative estimate of drug-likeness (QED) is 0.612. The first-order chi connectivity index (χ1) is 13.1. The van der Waals surface area contributed by atoms with Crippen LogP contribution in [0.3, 0.4) is 0 Å². The molecule has 0 amide bonds. The lowest BCUT2D eigenvalue weighted by Crippen LogP contribution is -2.36. The lowest BCUT2D eigenvalue weighted by molar-refractivity contribution is 0.181. The number of halogens is 2. The van der Waals surface area contributed by atoms with E-state index in [0.29, 0.717) is 5.56 Å². The van der Waals surface area contributed by atoms with Gasteiger partial charge in [0.05, 0.1) is 0 Å². The van der Waals surface area contributed by atoms with Gasteiger partial charge in [0.25, 0.3) is 0 Å². The minimum Gasteiger partial charge on any atom is -0.313 e. The molecule has 3 rings (SSSR count). The minimum absolute atomic E-state index is 0.449. The molecule has 0 aromatic heterocycles. The molecule has 0 radical (unpaired) electrons. The van der Waals surface area contributed by atoms with E-state index in [0.717, 1.165) is 36.7 Å². The molecule has 1 aliphatic carbocycles.